The Kier molecular flexibility index (Phi) is 7.36. The monoisotopic (exact) mass is 391 g/mol. The molecule has 4 nitrogen and oxygen atoms in total. The maximum absolute atomic E-state index is 13.0. The lowest BCUT2D eigenvalue weighted by Gasteiger charge is -2.27. The minimum Gasteiger partial charge on any atom is -0.455 e. The third-order valence-electron chi connectivity index (χ3n) is 4.30. The fourth-order valence-corrected chi connectivity index (χ4v) is 2.82. The summed E-state index contributed by atoms with van der Waals surface area (Å²) in [6, 6.07) is 20.9. The van der Waals surface area contributed by atoms with Crippen LogP contribution in [0, 0.1) is 11.3 Å². The smallest absolute Gasteiger partial charge is 0.350 e. The van der Waals surface area contributed by atoms with Crippen LogP contribution < -0.4 is 0 Å². The Morgan fingerprint density at radius 2 is 1.38 bits per heavy atom. The Morgan fingerprint density at radius 1 is 0.897 bits per heavy atom. The average molecular weight is 392 g/mol. The van der Waals surface area contributed by atoms with E-state index < -0.39 is 11.6 Å². The van der Waals surface area contributed by atoms with Crippen LogP contribution in [-0.4, -0.2) is 23.8 Å². The largest absolute Gasteiger partial charge is 0.455 e. The van der Waals surface area contributed by atoms with Crippen LogP contribution in [0.15, 0.2) is 66.2 Å². The Morgan fingerprint density at radius 3 is 1.79 bits per heavy atom. The topological polar surface area (TPSA) is 59.3 Å². The van der Waals surface area contributed by atoms with Crippen LogP contribution >= 0.6 is 0 Å². The Labute approximate surface area is 173 Å². The number of carbonyl (C=O) groups excluding carboxylic acids is 1. The summed E-state index contributed by atoms with van der Waals surface area (Å²) in [5.41, 5.74) is 1.13. The lowest BCUT2D eigenvalue weighted by molar-refractivity contribution is -0.153. The van der Waals surface area contributed by atoms with Gasteiger partial charge in [0.05, 0.1) is 12.2 Å². The van der Waals surface area contributed by atoms with E-state index in [1.165, 1.54) is 0 Å². The summed E-state index contributed by atoms with van der Waals surface area (Å²) in [4.78, 5) is 13.0. The van der Waals surface area contributed by atoms with Crippen molar-refractivity contribution in [3.8, 4) is 6.07 Å². The molecule has 2 rings (SSSR count). The van der Waals surface area contributed by atoms with Gasteiger partial charge in [-0.15, -0.1) is 0 Å². The first kappa shape index (κ1) is 22.4. The van der Waals surface area contributed by atoms with Crippen molar-refractivity contribution in [2.75, 3.05) is 6.61 Å². The van der Waals surface area contributed by atoms with Crippen LogP contribution in [0.1, 0.15) is 52.2 Å². The Balaban J connectivity index is 2.34. The van der Waals surface area contributed by atoms with Crippen molar-refractivity contribution in [2.45, 2.75) is 52.2 Å². The maximum atomic E-state index is 13.0. The summed E-state index contributed by atoms with van der Waals surface area (Å²) < 4.78 is 11.5. The molecule has 0 aromatic heterocycles. The van der Waals surface area contributed by atoms with Gasteiger partial charge in [-0.1, -0.05) is 60.7 Å². The Hall–Kier alpha value is -2.90. The van der Waals surface area contributed by atoms with Crippen molar-refractivity contribution >= 4 is 11.5 Å². The third kappa shape index (κ3) is 6.89. The molecule has 0 fully saturated rings. The second-order valence-electron chi connectivity index (χ2n) is 8.45. The van der Waals surface area contributed by atoms with Crippen molar-refractivity contribution in [3.05, 3.63) is 77.4 Å². The average Bonchev–Trinajstić information content (AvgIpc) is 2.65. The first-order chi connectivity index (χ1) is 13.6. The van der Waals surface area contributed by atoms with Crippen LogP contribution in [-0.2, 0) is 14.3 Å². The second kappa shape index (κ2) is 9.54. The van der Waals surface area contributed by atoms with Crippen molar-refractivity contribution in [1.82, 2.24) is 0 Å². The van der Waals surface area contributed by atoms with E-state index in [0.717, 1.165) is 11.1 Å². The zero-order chi connectivity index (χ0) is 21.5. The predicted octanol–water partition coefficient (Wildman–Crippen LogP) is 5.54. The minimum atomic E-state index is -0.761. The molecule has 0 saturated heterocycles. The molecule has 4 heteroatoms. The molecule has 2 aromatic rings. The van der Waals surface area contributed by atoms with E-state index >= 15 is 0 Å². The normalized spacial score (nSPS) is 11.4. The van der Waals surface area contributed by atoms with Gasteiger partial charge >= 0.3 is 5.97 Å². The highest BCUT2D eigenvalue weighted by Gasteiger charge is 2.28. The quantitative estimate of drug-likeness (QED) is 0.353. The molecule has 0 unspecified atom stereocenters. The van der Waals surface area contributed by atoms with Crippen LogP contribution in [0.5, 0.6) is 0 Å². The predicted molar refractivity (Wildman–Crippen MR) is 115 cm³/mol. The maximum Gasteiger partial charge on any atom is 0.350 e. The lowest BCUT2D eigenvalue weighted by Crippen LogP contribution is -2.32. The van der Waals surface area contributed by atoms with Crippen molar-refractivity contribution in [1.29, 1.82) is 5.26 Å². The number of benzene rings is 2. The zero-order valence-electron chi connectivity index (χ0n) is 17.9. The Bertz CT molecular complexity index is 844. The van der Waals surface area contributed by atoms with Crippen LogP contribution in [0.4, 0.5) is 0 Å². The molecule has 0 spiro atoms. The molecule has 0 saturated carbocycles. The van der Waals surface area contributed by atoms with Gasteiger partial charge in [0.1, 0.15) is 17.2 Å². The molecule has 0 N–H and O–H groups in total. The number of esters is 1. The molecule has 152 valence electrons. The SMILES string of the molecule is CC(C)(C)OCCC(C)(C)OC(=O)C(C#N)=C(c1ccccc1)c1ccccc1. The standard InChI is InChI=1S/C25H29NO3/c1-24(2,3)28-17-16-25(4,5)29-23(27)21(18-26)22(19-12-8-6-9-13-19)20-14-10-7-11-15-20/h6-15H,16-17H2,1-5H3. The van der Waals surface area contributed by atoms with Gasteiger partial charge < -0.3 is 9.47 Å². The van der Waals surface area contributed by atoms with Crippen LogP contribution in [0.2, 0.25) is 0 Å². The van der Waals surface area contributed by atoms with Gasteiger partial charge in [0.15, 0.2) is 0 Å². The molecular formula is C25H29NO3. The molecular weight excluding hydrogens is 362 g/mol. The second-order valence-corrected chi connectivity index (χ2v) is 8.45. The minimum absolute atomic E-state index is 0.00721. The molecule has 29 heavy (non-hydrogen) atoms. The number of nitrogens with zero attached hydrogens (tertiary/aromatic N) is 1. The molecule has 2 aromatic carbocycles. The number of rotatable bonds is 7. The lowest BCUT2D eigenvalue weighted by atomic mass is 9.93. The molecule has 0 aliphatic carbocycles. The van der Waals surface area contributed by atoms with E-state index in [-0.39, 0.29) is 11.2 Å². The van der Waals surface area contributed by atoms with Gasteiger partial charge in [-0.2, -0.15) is 5.26 Å². The summed E-state index contributed by atoms with van der Waals surface area (Å²) in [7, 11) is 0. The number of carbonyl (C=O) groups is 1. The van der Waals surface area contributed by atoms with Gasteiger partial charge in [-0.25, -0.2) is 4.79 Å². The summed E-state index contributed by atoms with van der Waals surface area (Å²) in [5, 5.41) is 9.84. The van der Waals surface area contributed by atoms with Crippen molar-refractivity contribution in [3.63, 3.8) is 0 Å². The summed E-state index contributed by atoms with van der Waals surface area (Å²) in [6.07, 6.45) is 0.528. The highest BCUT2D eigenvalue weighted by molar-refractivity contribution is 6.05. The van der Waals surface area contributed by atoms with Crippen molar-refractivity contribution in [2.24, 2.45) is 0 Å². The van der Waals surface area contributed by atoms with E-state index in [2.05, 4.69) is 6.07 Å². The van der Waals surface area contributed by atoms with Crippen LogP contribution in [0.25, 0.3) is 5.57 Å². The fraction of sp³-hybridized carbons (Fsp3) is 0.360. The summed E-state index contributed by atoms with van der Waals surface area (Å²) in [6.45, 7) is 10.1. The van der Waals surface area contributed by atoms with E-state index in [0.29, 0.717) is 18.6 Å². The van der Waals surface area contributed by atoms with E-state index in [1.807, 2.05) is 95.3 Å². The van der Waals surface area contributed by atoms with Gasteiger partial charge in [0.25, 0.3) is 0 Å². The summed E-state index contributed by atoms with van der Waals surface area (Å²) >= 11 is 0. The summed E-state index contributed by atoms with van der Waals surface area (Å²) in [5.74, 6) is -0.629. The molecule has 0 radical (unpaired) electrons. The number of hydrogen-bond acceptors (Lipinski definition) is 4. The zero-order valence-corrected chi connectivity index (χ0v) is 17.9. The number of hydrogen-bond donors (Lipinski definition) is 0. The highest BCUT2D eigenvalue weighted by atomic mass is 16.6. The van der Waals surface area contributed by atoms with E-state index in [4.69, 9.17) is 9.47 Å². The van der Waals surface area contributed by atoms with Gasteiger partial charge in [0, 0.05) is 12.0 Å². The van der Waals surface area contributed by atoms with Crippen LogP contribution in [0.3, 0.4) is 0 Å². The molecule has 0 bridgehead atoms. The van der Waals surface area contributed by atoms with E-state index in [1.54, 1.807) is 0 Å². The van der Waals surface area contributed by atoms with Gasteiger partial charge in [0.2, 0.25) is 0 Å². The van der Waals surface area contributed by atoms with Crippen molar-refractivity contribution < 1.29 is 14.3 Å². The molecule has 0 atom stereocenters. The molecule has 0 amide bonds. The molecule has 0 heterocycles. The third-order valence-corrected chi connectivity index (χ3v) is 4.30. The molecule has 0 aliphatic rings. The van der Waals surface area contributed by atoms with Gasteiger partial charge in [-0.3, -0.25) is 0 Å². The fourth-order valence-electron chi connectivity index (χ4n) is 2.82. The first-order valence-corrected chi connectivity index (χ1v) is 9.75. The molecule has 0 aliphatic heterocycles. The number of nitriles is 1. The first-order valence-electron chi connectivity index (χ1n) is 9.75. The number of ether oxygens (including phenoxy) is 2. The van der Waals surface area contributed by atoms with E-state index in [9.17, 15) is 10.1 Å². The highest BCUT2D eigenvalue weighted by Crippen LogP contribution is 2.29. The van der Waals surface area contributed by atoms with Gasteiger partial charge in [-0.05, 0) is 45.7 Å².